The maximum atomic E-state index is 12.7. The Bertz CT molecular complexity index is 870. The van der Waals surface area contributed by atoms with Crippen molar-refractivity contribution in [1.29, 1.82) is 0 Å². The van der Waals surface area contributed by atoms with Gasteiger partial charge in [0.15, 0.2) is 0 Å². The topological polar surface area (TPSA) is 76.3 Å². The van der Waals surface area contributed by atoms with Gasteiger partial charge >= 0.3 is 5.69 Å². The molecule has 2 N–H and O–H groups in total. The minimum Gasteiger partial charge on any atom is -0.494 e. The summed E-state index contributed by atoms with van der Waals surface area (Å²) in [5.41, 5.74) is 0.466. The molecule has 128 valence electrons. The summed E-state index contributed by atoms with van der Waals surface area (Å²) in [5.74, 6) is -0.415. The molecule has 4 unspecified atom stereocenters. The predicted molar refractivity (Wildman–Crippen MR) is 92.6 cm³/mol. The highest BCUT2D eigenvalue weighted by atomic mass is 16.3. The van der Waals surface area contributed by atoms with E-state index in [9.17, 15) is 14.7 Å². The molecular weight excluding hydrogens is 306 g/mol. The highest BCUT2D eigenvalue weighted by Gasteiger charge is 2.43. The second kappa shape index (κ2) is 5.94. The van der Waals surface area contributed by atoms with Crippen molar-refractivity contribution in [1.82, 2.24) is 14.5 Å². The van der Waals surface area contributed by atoms with E-state index in [-0.39, 0.29) is 29.8 Å². The van der Waals surface area contributed by atoms with E-state index in [1.165, 1.54) is 14.1 Å². The Labute approximate surface area is 140 Å². The van der Waals surface area contributed by atoms with Crippen molar-refractivity contribution in [2.75, 3.05) is 0 Å². The molecule has 1 saturated heterocycles. The van der Waals surface area contributed by atoms with Crippen molar-refractivity contribution in [2.24, 2.45) is 14.1 Å². The largest absolute Gasteiger partial charge is 0.494 e. The molecule has 1 fully saturated rings. The molecule has 0 saturated carbocycles. The van der Waals surface area contributed by atoms with Crippen LogP contribution in [0.4, 0.5) is 0 Å². The third-order valence-electron chi connectivity index (χ3n) is 5.18. The molecule has 0 bridgehead atoms. The van der Waals surface area contributed by atoms with Crippen LogP contribution in [0.2, 0.25) is 0 Å². The average molecular weight is 329 g/mol. The molecule has 3 rings (SSSR count). The van der Waals surface area contributed by atoms with Crippen LogP contribution in [0.25, 0.3) is 0 Å². The number of nitrogens with one attached hydrogen (secondary N) is 1. The average Bonchev–Trinajstić information content (AvgIpc) is 2.86. The fourth-order valence-corrected chi connectivity index (χ4v) is 4.00. The Morgan fingerprint density at radius 1 is 0.958 bits per heavy atom. The van der Waals surface area contributed by atoms with Crippen LogP contribution in [0.5, 0.6) is 5.88 Å². The van der Waals surface area contributed by atoms with Gasteiger partial charge in [-0.05, 0) is 19.4 Å². The number of aromatic hydroxyl groups is 1. The fourth-order valence-electron chi connectivity index (χ4n) is 4.00. The highest BCUT2D eigenvalue weighted by molar-refractivity contribution is 5.37. The van der Waals surface area contributed by atoms with Gasteiger partial charge in [0.05, 0.1) is 5.56 Å². The summed E-state index contributed by atoms with van der Waals surface area (Å²) in [7, 11) is 2.93. The van der Waals surface area contributed by atoms with E-state index in [0.29, 0.717) is 5.56 Å². The molecule has 6 nitrogen and oxygen atoms in total. The number of hydrogen-bond donors (Lipinski definition) is 2. The Hall–Kier alpha value is -2.34. The van der Waals surface area contributed by atoms with Gasteiger partial charge in [0, 0.05) is 38.0 Å². The number of aromatic nitrogens is 2. The summed E-state index contributed by atoms with van der Waals surface area (Å²) in [4.78, 5) is 24.8. The van der Waals surface area contributed by atoms with Crippen LogP contribution >= 0.6 is 0 Å². The van der Waals surface area contributed by atoms with E-state index in [2.05, 4.69) is 12.2 Å². The lowest BCUT2D eigenvalue weighted by Gasteiger charge is -2.25. The second-order valence-electron chi connectivity index (χ2n) is 6.65. The minimum absolute atomic E-state index is 0.00121. The van der Waals surface area contributed by atoms with Crippen molar-refractivity contribution in [3.8, 4) is 5.88 Å². The van der Waals surface area contributed by atoms with Crippen LogP contribution in [0, 0.1) is 0 Å². The summed E-state index contributed by atoms with van der Waals surface area (Å²) in [5, 5.41) is 14.0. The van der Waals surface area contributed by atoms with E-state index < -0.39 is 11.2 Å². The van der Waals surface area contributed by atoms with Crippen LogP contribution in [0.15, 0.2) is 39.9 Å². The lowest BCUT2D eigenvalue weighted by molar-refractivity contribution is 0.388. The molecule has 24 heavy (non-hydrogen) atoms. The molecule has 1 aromatic heterocycles. The summed E-state index contributed by atoms with van der Waals surface area (Å²) < 4.78 is 2.20. The minimum atomic E-state index is -0.524. The molecule has 1 aromatic carbocycles. The van der Waals surface area contributed by atoms with Gasteiger partial charge in [-0.25, -0.2) is 4.79 Å². The van der Waals surface area contributed by atoms with Crippen molar-refractivity contribution in [3.05, 3.63) is 62.3 Å². The first-order chi connectivity index (χ1) is 11.3. The molecule has 0 aliphatic carbocycles. The Morgan fingerprint density at radius 3 is 2.17 bits per heavy atom. The van der Waals surface area contributed by atoms with Crippen molar-refractivity contribution < 1.29 is 5.11 Å². The van der Waals surface area contributed by atoms with Crippen LogP contribution in [0.1, 0.15) is 36.8 Å². The monoisotopic (exact) mass is 329 g/mol. The predicted octanol–water partition coefficient (Wildman–Crippen LogP) is 1.04. The van der Waals surface area contributed by atoms with Crippen molar-refractivity contribution in [3.63, 3.8) is 0 Å². The van der Waals surface area contributed by atoms with Gasteiger partial charge in [0.2, 0.25) is 5.88 Å². The van der Waals surface area contributed by atoms with Gasteiger partial charge in [-0.1, -0.05) is 30.3 Å². The van der Waals surface area contributed by atoms with E-state index in [4.69, 9.17) is 0 Å². The van der Waals surface area contributed by atoms with E-state index >= 15 is 0 Å². The van der Waals surface area contributed by atoms with Crippen molar-refractivity contribution in [2.45, 2.75) is 37.8 Å². The Kier molecular flexibility index (Phi) is 4.09. The first-order valence-corrected chi connectivity index (χ1v) is 8.14. The lowest BCUT2D eigenvalue weighted by Crippen LogP contribution is -2.41. The quantitative estimate of drug-likeness (QED) is 0.863. The highest BCUT2D eigenvalue weighted by Crippen LogP contribution is 2.43. The standard InChI is InChI=1S/C18H23N3O3/c1-10-13(12-8-6-5-7-9-12)14(11(2)19-10)15-16(22)20(3)18(24)21(4)17(15)23/h5-11,13-14,19,22H,1-4H3. The number of nitrogens with zero attached hydrogens (tertiary/aromatic N) is 2. The zero-order valence-electron chi connectivity index (χ0n) is 14.4. The van der Waals surface area contributed by atoms with Crippen LogP contribution in [-0.2, 0) is 14.1 Å². The number of benzene rings is 1. The molecule has 0 radical (unpaired) electrons. The molecule has 1 aliphatic heterocycles. The summed E-state index contributed by atoms with van der Waals surface area (Å²) in [6.07, 6.45) is 0. The molecule has 4 atom stereocenters. The zero-order chi connectivity index (χ0) is 17.6. The van der Waals surface area contributed by atoms with Gasteiger partial charge in [-0.15, -0.1) is 0 Å². The van der Waals surface area contributed by atoms with Crippen LogP contribution in [-0.4, -0.2) is 26.3 Å². The Morgan fingerprint density at radius 2 is 1.54 bits per heavy atom. The van der Waals surface area contributed by atoms with E-state index in [0.717, 1.165) is 14.7 Å². The van der Waals surface area contributed by atoms with Crippen LogP contribution in [0.3, 0.4) is 0 Å². The smallest absolute Gasteiger partial charge is 0.333 e. The maximum Gasteiger partial charge on any atom is 0.333 e. The van der Waals surface area contributed by atoms with E-state index in [1.54, 1.807) is 0 Å². The normalized spacial score (nSPS) is 26.7. The number of hydrogen-bond acceptors (Lipinski definition) is 4. The zero-order valence-corrected chi connectivity index (χ0v) is 14.4. The second-order valence-corrected chi connectivity index (χ2v) is 6.65. The first kappa shape index (κ1) is 16.5. The van der Waals surface area contributed by atoms with Gasteiger partial charge in [0.25, 0.3) is 5.56 Å². The molecule has 2 aromatic rings. The van der Waals surface area contributed by atoms with Gasteiger partial charge < -0.3 is 10.4 Å². The number of rotatable bonds is 2. The molecule has 6 heteroatoms. The molecule has 1 aliphatic rings. The van der Waals surface area contributed by atoms with Crippen LogP contribution < -0.4 is 16.6 Å². The van der Waals surface area contributed by atoms with Gasteiger partial charge in [-0.2, -0.15) is 0 Å². The fraction of sp³-hybridized carbons (Fsp3) is 0.444. The maximum absolute atomic E-state index is 12.7. The third kappa shape index (κ3) is 2.38. The van der Waals surface area contributed by atoms with Gasteiger partial charge in [0.1, 0.15) is 0 Å². The van der Waals surface area contributed by atoms with E-state index in [1.807, 2.05) is 37.3 Å². The molecule has 0 amide bonds. The third-order valence-corrected chi connectivity index (χ3v) is 5.18. The molecular formula is C18H23N3O3. The summed E-state index contributed by atoms with van der Waals surface area (Å²) in [6, 6.07) is 10.1. The Balaban J connectivity index is 2.24. The SMILES string of the molecule is CC1NC(C)C(c2c(O)n(C)c(=O)n(C)c2=O)C1c1ccccc1. The lowest BCUT2D eigenvalue weighted by atomic mass is 9.79. The summed E-state index contributed by atoms with van der Waals surface area (Å²) >= 11 is 0. The van der Waals surface area contributed by atoms with Gasteiger partial charge in [-0.3, -0.25) is 13.9 Å². The molecule has 2 heterocycles. The molecule has 0 spiro atoms. The first-order valence-electron chi connectivity index (χ1n) is 8.14. The summed E-state index contributed by atoms with van der Waals surface area (Å²) in [6.45, 7) is 4.09. The van der Waals surface area contributed by atoms with Crippen molar-refractivity contribution >= 4 is 0 Å².